The Kier molecular flexibility index (Phi) is 5.16. The van der Waals surface area contributed by atoms with Gasteiger partial charge in [-0.25, -0.2) is 0 Å². The first-order valence-electron chi connectivity index (χ1n) is 7.32. The molecule has 0 aromatic carbocycles. The van der Waals surface area contributed by atoms with Crippen LogP contribution in [0.4, 0.5) is 0 Å². The van der Waals surface area contributed by atoms with E-state index in [0.717, 1.165) is 26.2 Å². The topological polar surface area (TPSA) is 72.8 Å². The second kappa shape index (κ2) is 5.69. The van der Waals surface area contributed by atoms with Crippen molar-refractivity contribution in [2.45, 2.75) is 47.1 Å². The average Bonchev–Trinajstić information content (AvgIpc) is 2.22. The molecule has 0 spiro atoms. The minimum atomic E-state index is -4.11. The molecule has 1 rings (SSSR count). The van der Waals surface area contributed by atoms with Gasteiger partial charge in [0.25, 0.3) is 0 Å². The van der Waals surface area contributed by atoms with Gasteiger partial charge in [-0.15, -0.1) is 0 Å². The smallest absolute Gasteiger partial charge is 0.324 e. The van der Waals surface area contributed by atoms with E-state index < -0.39 is 13.1 Å². The Labute approximate surface area is 123 Å². The molecule has 0 unspecified atom stereocenters. The van der Waals surface area contributed by atoms with Gasteiger partial charge < -0.3 is 15.1 Å². The molecule has 1 heterocycles. The van der Waals surface area contributed by atoms with E-state index in [1.807, 2.05) is 0 Å². The molecule has 0 aromatic rings. The van der Waals surface area contributed by atoms with Crippen molar-refractivity contribution in [1.82, 2.24) is 10.2 Å². The lowest BCUT2D eigenvalue weighted by atomic mass is 9.59. The van der Waals surface area contributed by atoms with Gasteiger partial charge in [-0.3, -0.25) is 9.46 Å². The highest BCUT2D eigenvalue weighted by molar-refractivity contribution is 7.51. The largest absolute Gasteiger partial charge is 0.327 e. The van der Waals surface area contributed by atoms with Crippen molar-refractivity contribution in [2.75, 3.05) is 32.3 Å². The summed E-state index contributed by atoms with van der Waals surface area (Å²) in [5.74, 6) is 0. The number of piperazine rings is 1. The average molecular weight is 306 g/mol. The summed E-state index contributed by atoms with van der Waals surface area (Å²) in [6.07, 6.45) is -0.0903. The second-order valence-corrected chi connectivity index (χ2v) is 9.57. The van der Waals surface area contributed by atoms with Gasteiger partial charge in [-0.2, -0.15) is 0 Å². The van der Waals surface area contributed by atoms with E-state index in [-0.39, 0.29) is 17.0 Å². The first kappa shape index (κ1) is 18.1. The maximum atomic E-state index is 11.8. The zero-order chi connectivity index (χ0) is 15.8. The Balaban J connectivity index is 3.37. The summed E-state index contributed by atoms with van der Waals surface area (Å²) in [6, 6.07) is 0. The molecule has 1 saturated heterocycles. The third kappa shape index (κ3) is 3.63. The molecule has 120 valence electrons. The zero-order valence-corrected chi connectivity index (χ0v) is 14.6. The van der Waals surface area contributed by atoms with Crippen LogP contribution < -0.4 is 5.32 Å². The lowest BCUT2D eigenvalue weighted by Crippen LogP contribution is -2.69. The van der Waals surface area contributed by atoms with Crippen molar-refractivity contribution in [3.8, 4) is 0 Å². The zero-order valence-electron chi connectivity index (χ0n) is 13.7. The number of nitrogens with zero attached hydrogens (tertiary/aromatic N) is 1. The molecule has 0 saturated carbocycles. The van der Waals surface area contributed by atoms with E-state index in [1.54, 1.807) is 0 Å². The van der Waals surface area contributed by atoms with Crippen molar-refractivity contribution < 1.29 is 14.4 Å². The van der Waals surface area contributed by atoms with Gasteiger partial charge in [0.2, 0.25) is 0 Å². The van der Waals surface area contributed by atoms with Crippen molar-refractivity contribution >= 4 is 7.60 Å². The van der Waals surface area contributed by atoms with Gasteiger partial charge in [0, 0.05) is 31.7 Å². The molecule has 20 heavy (non-hydrogen) atoms. The van der Waals surface area contributed by atoms with Gasteiger partial charge in [-0.05, 0) is 10.8 Å². The Morgan fingerprint density at radius 3 is 1.70 bits per heavy atom. The predicted octanol–water partition coefficient (Wildman–Crippen LogP) is 1.90. The van der Waals surface area contributed by atoms with Crippen LogP contribution in [0.5, 0.6) is 0 Å². The van der Waals surface area contributed by atoms with Gasteiger partial charge in [0.05, 0.1) is 6.16 Å². The van der Waals surface area contributed by atoms with Gasteiger partial charge >= 0.3 is 7.60 Å². The second-order valence-electron chi connectivity index (χ2n) is 7.92. The van der Waals surface area contributed by atoms with E-state index in [9.17, 15) is 14.4 Å². The van der Waals surface area contributed by atoms with Crippen molar-refractivity contribution in [2.24, 2.45) is 10.8 Å². The maximum absolute atomic E-state index is 11.8. The lowest BCUT2D eigenvalue weighted by molar-refractivity contribution is -0.0788. The van der Waals surface area contributed by atoms with Crippen LogP contribution in [0.25, 0.3) is 0 Å². The van der Waals surface area contributed by atoms with Crippen LogP contribution in [-0.4, -0.2) is 52.6 Å². The van der Waals surface area contributed by atoms with Crippen LogP contribution in [0.2, 0.25) is 0 Å². The monoisotopic (exact) mass is 306 g/mol. The van der Waals surface area contributed by atoms with Crippen LogP contribution in [0.15, 0.2) is 0 Å². The molecular formula is C14H31N2O3P. The van der Waals surface area contributed by atoms with E-state index >= 15 is 0 Å². The molecule has 1 fully saturated rings. The van der Waals surface area contributed by atoms with E-state index in [0.29, 0.717) is 0 Å². The Bertz CT molecular complexity index is 359. The molecule has 1 aliphatic heterocycles. The van der Waals surface area contributed by atoms with Crippen LogP contribution in [-0.2, 0) is 4.57 Å². The summed E-state index contributed by atoms with van der Waals surface area (Å²) < 4.78 is 11.8. The third-order valence-electron chi connectivity index (χ3n) is 4.57. The summed E-state index contributed by atoms with van der Waals surface area (Å²) in [7, 11) is -4.11. The summed E-state index contributed by atoms with van der Waals surface area (Å²) in [6.45, 7) is 16.0. The molecule has 0 radical (unpaired) electrons. The molecule has 0 amide bonds. The highest BCUT2D eigenvalue weighted by Crippen LogP contribution is 2.55. The predicted molar refractivity (Wildman–Crippen MR) is 83.0 cm³/mol. The van der Waals surface area contributed by atoms with Crippen LogP contribution in [0.1, 0.15) is 41.5 Å². The van der Waals surface area contributed by atoms with Gasteiger partial charge in [0.1, 0.15) is 0 Å². The summed E-state index contributed by atoms with van der Waals surface area (Å²) >= 11 is 0. The Morgan fingerprint density at radius 2 is 1.40 bits per heavy atom. The highest BCUT2D eigenvalue weighted by Gasteiger charge is 2.57. The summed E-state index contributed by atoms with van der Waals surface area (Å²) in [5, 5.41) is 3.32. The van der Waals surface area contributed by atoms with Crippen LogP contribution in [0, 0.1) is 10.8 Å². The first-order valence-corrected chi connectivity index (χ1v) is 9.11. The first-order chi connectivity index (χ1) is 8.81. The minimum Gasteiger partial charge on any atom is -0.324 e. The van der Waals surface area contributed by atoms with Crippen molar-refractivity contribution in [3.63, 3.8) is 0 Å². The molecule has 6 heteroatoms. The van der Waals surface area contributed by atoms with Crippen molar-refractivity contribution in [1.29, 1.82) is 0 Å². The normalized spacial score (nSPS) is 20.2. The molecule has 0 bridgehead atoms. The number of nitrogens with one attached hydrogen (secondary N) is 1. The van der Waals surface area contributed by atoms with E-state index in [2.05, 4.69) is 51.8 Å². The SMILES string of the molecule is CC(C)(C)C(CP(=O)(O)O)(N1CCNCC1)C(C)(C)C. The van der Waals surface area contributed by atoms with Crippen LogP contribution in [0.3, 0.4) is 0 Å². The summed E-state index contributed by atoms with van der Waals surface area (Å²) in [5.41, 5.74) is -1.01. The highest BCUT2D eigenvalue weighted by atomic mass is 31.2. The van der Waals surface area contributed by atoms with Gasteiger partial charge in [-0.1, -0.05) is 41.5 Å². The lowest BCUT2D eigenvalue weighted by Gasteiger charge is -2.60. The molecular weight excluding hydrogens is 275 g/mol. The molecule has 1 aliphatic rings. The molecule has 5 nitrogen and oxygen atoms in total. The molecule has 0 atom stereocenters. The number of hydrogen-bond acceptors (Lipinski definition) is 3. The maximum Gasteiger partial charge on any atom is 0.327 e. The number of rotatable bonds is 3. The third-order valence-corrected chi connectivity index (χ3v) is 5.44. The van der Waals surface area contributed by atoms with Gasteiger partial charge in [0.15, 0.2) is 0 Å². The number of hydrogen-bond donors (Lipinski definition) is 3. The standard InChI is InChI=1S/C14H31N2O3P/c1-12(2,3)14(13(4,5)6,11-20(17,18)19)16-9-7-15-8-10-16/h15H,7-11H2,1-6H3,(H2,17,18,19). The fourth-order valence-electron chi connectivity index (χ4n) is 3.99. The Hall–Kier alpha value is 0.0700. The molecule has 0 aromatic heterocycles. The fourth-order valence-corrected chi connectivity index (χ4v) is 5.74. The van der Waals surface area contributed by atoms with Crippen molar-refractivity contribution in [3.05, 3.63) is 0 Å². The molecule has 3 N–H and O–H groups in total. The van der Waals surface area contributed by atoms with E-state index in [4.69, 9.17) is 0 Å². The fraction of sp³-hybridized carbons (Fsp3) is 1.00. The van der Waals surface area contributed by atoms with E-state index in [1.165, 1.54) is 0 Å². The van der Waals surface area contributed by atoms with Crippen LogP contribution >= 0.6 is 7.60 Å². The summed E-state index contributed by atoms with van der Waals surface area (Å²) in [4.78, 5) is 21.7. The molecule has 0 aliphatic carbocycles. The quantitative estimate of drug-likeness (QED) is 0.695. The minimum absolute atomic E-state index is 0.0903. The Morgan fingerprint density at radius 1 is 1.00 bits per heavy atom.